The van der Waals surface area contributed by atoms with Gasteiger partial charge in [0.15, 0.2) is 0 Å². The Hall–Kier alpha value is -1.36. The smallest absolute Gasteiger partial charge is 0.255 e. The molecule has 1 amide bonds. The number of nitrogens with one attached hydrogen (secondary N) is 1. The van der Waals surface area contributed by atoms with Crippen molar-refractivity contribution in [3.8, 4) is 0 Å². The molecule has 1 heterocycles. The van der Waals surface area contributed by atoms with E-state index in [-0.39, 0.29) is 17.4 Å². The minimum Gasteiger partial charge on any atom is -0.345 e. The molecule has 20 heavy (non-hydrogen) atoms. The second-order valence-corrected chi connectivity index (χ2v) is 6.96. The Morgan fingerprint density at radius 1 is 1.40 bits per heavy atom. The van der Waals surface area contributed by atoms with Crippen LogP contribution in [0, 0.1) is 12.8 Å². The molecular formula is C15H28N4O. The van der Waals surface area contributed by atoms with Crippen LogP contribution in [0.1, 0.15) is 57.6 Å². The number of carbonyl (C=O) groups excluding carboxylic acids is 1. The molecule has 114 valence electrons. The highest BCUT2D eigenvalue weighted by Crippen LogP contribution is 2.20. The fourth-order valence-electron chi connectivity index (χ4n) is 2.07. The first-order chi connectivity index (χ1) is 9.03. The van der Waals surface area contributed by atoms with Crippen LogP contribution in [0.15, 0.2) is 6.20 Å². The Morgan fingerprint density at radius 3 is 2.30 bits per heavy atom. The molecule has 1 atom stereocenters. The van der Waals surface area contributed by atoms with Gasteiger partial charge in [-0.1, -0.05) is 13.8 Å². The van der Waals surface area contributed by atoms with E-state index >= 15 is 0 Å². The van der Waals surface area contributed by atoms with Gasteiger partial charge in [-0.25, -0.2) is 0 Å². The first-order valence-electron chi connectivity index (χ1n) is 7.10. The number of hydrogen-bond acceptors (Lipinski definition) is 3. The molecule has 1 aromatic heterocycles. The quantitative estimate of drug-likeness (QED) is 0.886. The molecule has 0 radical (unpaired) electrons. The fraction of sp³-hybridized carbons (Fsp3) is 0.733. The van der Waals surface area contributed by atoms with Crippen molar-refractivity contribution in [2.45, 2.75) is 59.5 Å². The normalized spacial score (nSPS) is 15.2. The summed E-state index contributed by atoms with van der Waals surface area (Å²) in [7, 11) is 0. The van der Waals surface area contributed by atoms with E-state index in [4.69, 9.17) is 5.73 Å². The Morgan fingerprint density at radius 2 is 1.95 bits per heavy atom. The van der Waals surface area contributed by atoms with Crippen molar-refractivity contribution in [1.82, 2.24) is 15.1 Å². The van der Waals surface area contributed by atoms with E-state index in [2.05, 4.69) is 45.0 Å². The molecule has 3 N–H and O–H groups in total. The molecular weight excluding hydrogens is 252 g/mol. The summed E-state index contributed by atoms with van der Waals surface area (Å²) >= 11 is 0. The summed E-state index contributed by atoms with van der Waals surface area (Å²) in [6.07, 6.45) is 1.63. The lowest BCUT2D eigenvalue weighted by Gasteiger charge is -2.33. The SMILES string of the molecule is Cc1c(C(=O)NC(C)(CN)C(C)C)cnn1C(C)(C)C. The van der Waals surface area contributed by atoms with Crippen molar-refractivity contribution >= 4 is 5.91 Å². The monoisotopic (exact) mass is 280 g/mol. The molecule has 0 aliphatic rings. The molecule has 0 fully saturated rings. The van der Waals surface area contributed by atoms with Gasteiger partial charge < -0.3 is 11.1 Å². The lowest BCUT2D eigenvalue weighted by atomic mass is 9.88. The van der Waals surface area contributed by atoms with Crippen LogP contribution in [0.5, 0.6) is 0 Å². The minimum atomic E-state index is -0.409. The molecule has 0 aromatic carbocycles. The molecule has 0 aliphatic heterocycles. The van der Waals surface area contributed by atoms with E-state index in [1.807, 2.05) is 18.5 Å². The van der Waals surface area contributed by atoms with E-state index in [0.717, 1.165) is 5.69 Å². The molecule has 0 saturated carbocycles. The van der Waals surface area contributed by atoms with Crippen molar-refractivity contribution in [1.29, 1.82) is 0 Å². The van der Waals surface area contributed by atoms with Crippen molar-refractivity contribution in [2.75, 3.05) is 6.54 Å². The van der Waals surface area contributed by atoms with Crippen LogP contribution in [0.2, 0.25) is 0 Å². The zero-order valence-electron chi connectivity index (χ0n) is 13.7. The molecule has 5 nitrogen and oxygen atoms in total. The maximum absolute atomic E-state index is 12.5. The number of rotatable bonds is 4. The lowest BCUT2D eigenvalue weighted by molar-refractivity contribution is 0.0882. The molecule has 1 aromatic rings. The minimum absolute atomic E-state index is 0.111. The zero-order valence-corrected chi connectivity index (χ0v) is 13.7. The summed E-state index contributed by atoms with van der Waals surface area (Å²) in [6.45, 7) is 14.6. The van der Waals surface area contributed by atoms with Gasteiger partial charge in [-0.05, 0) is 40.5 Å². The van der Waals surface area contributed by atoms with E-state index in [9.17, 15) is 4.79 Å². The standard InChI is InChI=1S/C15H28N4O/c1-10(2)15(7,9-16)18-13(20)12-8-17-19(11(12)3)14(4,5)6/h8,10H,9,16H2,1-7H3,(H,18,20). The molecule has 1 rings (SSSR count). The number of hydrogen-bond donors (Lipinski definition) is 2. The lowest BCUT2D eigenvalue weighted by Crippen LogP contribution is -2.55. The number of aromatic nitrogens is 2. The van der Waals surface area contributed by atoms with Gasteiger partial charge in [0.2, 0.25) is 0 Å². The number of nitrogens with two attached hydrogens (primary N) is 1. The third kappa shape index (κ3) is 3.20. The van der Waals surface area contributed by atoms with Crippen LogP contribution in [-0.4, -0.2) is 27.8 Å². The number of nitrogens with zero attached hydrogens (tertiary/aromatic N) is 2. The van der Waals surface area contributed by atoms with Crippen LogP contribution < -0.4 is 11.1 Å². The van der Waals surface area contributed by atoms with Crippen molar-refractivity contribution in [3.63, 3.8) is 0 Å². The summed E-state index contributed by atoms with van der Waals surface area (Å²) in [4.78, 5) is 12.5. The predicted molar refractivity (Wildman–Crippen MR) is 81.7 cm³/mol. The maximum atomic E-state index is 12.5. The highest BCUT2D eigenvalue weighted by atomic mass is 16.1. The van der Waals surface area contributed by atoms with Gasteiger partial charge in [0.1, 0.15) is 0 Å². The molecule has 0 saturated heterocycles. The second kappa shape index (κ2) is 5.56. The highest BCUT2D eigenvalue weighted by molar-refractivity contribution is 5.95. The molecule has 0 spiro atoms. The Labute approximate surface area is 121 Å². The van der Waals surface area contributed by atoms with Gasteiger partial charge in [-0.2, -0.15) is 5.10 Å². The van der Waals surface area contributed by atoms with Crippen molar-refractivity contribution in [3.05, 3.63) is 17.5 Å². The first kappa shape index (κ1) is 16.7. The Balaban J connectivity index is 3.03. The summed E-state index contributed by atoms with van der Waals surface area (Å²) in [5.41, 5.74) is 6.75. The Kier molecular flexibility index (Phi) is 4.64. The van der Waals surface area contributed by atoms with Gasteiger partial charge in [0.05, 0.1) is 22.8 Å². The maximum Gasteiger partial charge on any atom is 0.255 e. The molecule has 5 heteroatoms. The summed E-state index contributed by atoms with van der Waals surface area (Å²) in [6, 6.07) is 0. The third-order valence-corrected chi connectivity index (χ3v) is 3.99. The summed E-state index contributed by atoms with van der Waals surface area (Å²) in [5.74, 6) is 0.147. The summed E-state index contributed by atoms with van der Waals surface area (Å²) in [5, 5.41) is 7.38. The third-order valence-electron chi connectivity index (χ3n) is 3.99. The molecule has 0 aliphatic carbocycles. The van der Waals surface area contributed by atoms with Crippen LogP contribution in [0.3, 0.4) is 0 Å². The summed E-state index contributed by atoms with van der Waals surface area (Å²) < 4.78 is 1.87. The van der Waals surface area contributed by atoms with Crippen LogP contribution in [-0.2, 0) is 5.54 Å². The van der Waals surface area contributed by atoms with E-state index in [1.54, 1.807) is 6.20 Å². The highest BCUT2D eigenvalue weighted by Gasteiger charge is 2.30. The second-order valence-electron chi connectivity index (χ2n) is 6.96. The molecule has 1 unspecified atom stereocenters. The van der Waals surface area contributed by atoms with Gasteiger partial charge >= 0.3 is 0 Å². The fourth-order valence-corrected chi connectivity index (χ4v) is 2.07. The van der Waals surface area contributed by atoms with Gasteiger partial charge in [-0.3, -0.25) is 9.48 Å². The van der Waals surface area contributed by atoms with E-state index in [1.165, 1.54) is 0 Å². The van der Waals surface area contributed by atoms with Gasteiger partial charge in [-0.15, -0.1) is 0 Å². The van der Waals surface area contributed by atoms with Crippen LogP contribution in [0.4, 0.5) is 0 Å². The van der Waals surface area contributed by atoms with Crippen molar-refractivity contribution in [2.24, 2.45) is 11.7 Å². The predicted octanol–water partition coefficient (Wildman–Crippen LogP) is 2.05. The Bertz CT molecular complexity index is 485. The number of amides is 1. The number of carbonyl (C=O) groups is 1. The first-order valence-corrected chi connectivity index (χ1v) is 7.10. The van der Waals surface area contributed by atoms with Gasteiger partial charge in [0.25, 0.3) is 5.91 Å². The molecule has 0 bridgehead atoms. The largest absolute Gasteiger partial charge is 0.345 e. The average Bonchev–Trinajstić information content (AvgIpc) is 2.70. The van der Waals surface area contributed by atoms with Gasteiger partial charge in [0, 0.05) is 12.2 Å². The van der Waals surface area contributed by atoms with Crippen LogP contribution >= 0.6 is 0 Å². The topological polar surface area (TPSA) is 72.9 Å². The van der Waals surface area contributed by atoms with E-state index < -0.39 is 5.54 Å². The van der Waals surface area contributed by atoms with Crippen LogP contribution in [0.25, 0.3) is 0 Å². The zero-order chi connectivity index (χ0) is 15.7. The van der Waals surface area contributed by atoms with Crippen molar-refractivity contribution < 1.29 is 4.79 Å². The van der Waals surface area contributed by atoms with E-state index in [0.29, 0.717) is 12.1 Å². The average molecular weight is 280 g/mol.